The summed E-state index contributed by atoms with van der Waals surface area (Å²) in [5, 5.41) is 7.17. The molecule has 0 aromatic heterocycles. The van der Waals surface area contributed by atoms with Crippen molar-refractivity contribution in [3.63, 3.8) is 0 Å². The fourth-order valence-corrected chi connectivity index (χ4v) is 14.9. The van der Waals surface area contributed by atoms with Gasteiger partial charge in [0.2, 0.25) is 0 Å². The van der Waals surface area contributed by atoms with Gasteiger partial charge in [0.25, 0.3) is 0 Å². The van der Waals surface area contributed by atoms with Gasteiger partial charge in [-0.25, -0.2) is 4.79 Å². The summed E-state index contributed by atoms with van der Waals surface area (Å²) in [5.74, 6) is 0.236. The van der Waals surface area contributed by atoms with Crippen LogP contribution in [0.5, 0.6) is 0 Å². The van der Waals surface area contributed by atoms with Crippen molar-refractivity contribution in [1.29, 1.82) is 0 Å². The summed E-state index contributed by atoms with van der Waals surface area (Å²) < 4.78 is 12.3. The summed E-state index contributed by atoms with van der Waals surface area (Å²) in [6.07, 6.45) is 8.34. The van der Waals surface area contributed by atoms with E-state index in [1.807, 2.05) is 68.4 Å². The number of benzene rings is 2. The van der Waals surface area contributed by atoms with Crippen LogP contribution in [0, 0.1) is 62.6 Å². The minimum Gasteiger partial charge on any atom is -0.462 e. The Balaban J connectivity index is 0.967. The van der Waals surface area contributed by atoms with Crippen molar-refractivity contribution in [2.45, 2.75) is 151 Å². The molecule has 9 heteroatoms. The van der Waals surface area contributed by atoms with Crippen LogP contribution in [0.4, 0.5) is 4.79 Å². The van der Waals surface area contributed by atoms with E-state index in [4.69, 9.17) is 21.1 Å². The number of allylic oxidation sites excluding steroid dienone is 1. The van der Waals surface area contributed by atoms with E-state index < -0.39 is 11.0 Å². The SMILES string of the molecule is CC(C)C1=C2[C@H]3CC[C@@H]4[C@@]5(C)CC[C@H](OC(=O)[C@H]6C[C@@H](C(=O)OCc7ccccc7)C6(C)C)C(C)(C)[C@@H]5CC[C@@]4(C)[C@]3(C)CC[C@@]2(NC(=O)NCc2ccc(Cl)cc2)CC1=O. The number of nitrogens with one attached hydrogen (secondary N) is 2. The van der Waals surface area contributed by atoms with Gasteiger partial charge in [0.05, 0.1) is 17.4 Å². The zero-order chi connectivity index (χ0) is 43.9. The van der Waals surface area contributed by atoms with Crippen molar-refractivity contribution in [2.24, 2.45) is 62.6 Å². The second kappa shape index (κ2) is 15.6. The summed E-state index contributed by atoms with van der Waals surface area (Å²) in [7, 11) is 0. The first-order chi connectivity index (χ1) is 28.7. The Morgan fingerprint density at radius 3 is 2.11 bits per heavy atom. The summed E-state index contributed by atoms with van der Waals surface area (Å²) in [6, 6.07) is 17.0. The number of Topliss-reactive ketones (excluding diaryl/α,β-unsaturated/α-hetero) is 1. The van der Waals surface area contributed by atoms with Crippen LogP contribution < -0.4 is 10.6 Å². The minimum atomic E-state index is -0.670. The number of hydrogen-bond donors (Lipinski definition) is 2. The second-order valence-electron chi connectivity index (χ2n) is 22.3. The molecule has 5 saturated carbocycles. The highest BCUT2D eigenvalue weighted by Crippen LogP contribution is 2.76. The average molecular weight is 854 g/mol. The van der Waals surface area contributed by atoms with E-state index in [9.17, 15) is 19.2 Å². The highest BCUT2D eigenvalue weighted by molar-refractivity contribution is 6.30. The molecule has 5 fully saturated rings. The third-order valence-electron chi connectivity index (χ3n) is 18.4. The number of carbonyl (C=O) groups is 4. The molecule has 2 amide bonds. The van der Waals surface area contributed by atoms with Crippen molar-refractivity contribution < 1.29 is 28.7 Å². The van der Waals surface area contributed by atoms with Crippen LogP contribution >= 0.6 is 11.6 Å². The van der Waals surface area contributed by atoms with Crippen LogP contribution in [0.3, 0.4) is 0 Å². The smallest absolute Gasteiger partial charge is 0.315 e. The molecule has 0 spiro atoms. The molecule has 0 radical (unpaired) electrons. The number of rotatable bonds is 9. The van der Waals surface area contributed by atoms with Gasteiger partial charge in [0, 0.05) is 23.4 Å². The number of halogens is 1. The highest BCUT2D eigenvalue weighted by atomic mass is 35.5. The van der Waals surface area contributed by atoms with Crippen LogP contribution in [0.1, 0.15) is 138 Å². The quantitative estimate of drug-likeness (QED) is 0.243. The third-order valence-corrected chi connectivity index (χ3v) is 18.7. The molecule has 0 unspecified atom stereocenters. The molecule has 0 saturated heterocycles. The average Bonchev–Trinajstić information content (AvgIpc) is 3.49. The largest absolute Gasteiger partial charge is 0.462 e. The predicted octanol–water partition coefficient (Wildman–Crippen LogP) is 11.2. The zero-order valence-electron chi connectivity index (χ0n) is 38.1. The van der Waals surface area contributed by atoms with E-state index in [2.05, 4.69) is 59.1 Å². The Labute approximate surface area is 369 Å². The number of hydrogen-bond acceptors (Lipinski definition) is 6. The van der Waals surface area contributed by atoms with E-state index in [1.54, 1.807) is 0 Å². The Morgan fingerprint density at radius 1 is 0.754 bits per heavy atom. The second-order valence-corrected chi connectivity index (χ2v) is 22.7. The molecule has 0 aliphatic heterocycles. The lowest BCUT2D eigenvalue weighted by Crippen LogP contribution is -2.67. The predicted molar refractivity (Wildman–Crippen MR) is 238 cm³/mol. The lowest BCUT2D eigenvalue weighted by atomic mass is 9.33. The molecule has 8 nitrogen and oxygen atoms in total. The normalized spacial score (nSPS) is 37.0. The van der Waals surface area contributed by atoms with Gasteiger partial charge >= 0.3 is 18.0 Å². The van der Waals surface area contributed by atoms with Gasteiger partial charge in [0.15, 0.2) is 5.78 Å². The van der Waals surface area contributed by atoms with Gasteiger partial charge in [-0.15, -0.1) is 0 Å². The van der Waals surface area contributed by atoms with Gasteiger partial charge < -0.3 is 20.1 Å². The number of ketones is 1. The van der Waals surface area contributed by atoms with E-state index in [1.165, 1.54) is 5.57 Å². The Morgan fingerprint density at radius 2 is 1.44 bits per heavy atom. The number of urea groups is 1. The standard InChI is InChI=1S/C52H69ClN2O6/c1-31(2)42-38(56)28-52(55-46(59)54-29-32-15-17-34(53)18-16-32)26-25-50(8)35(43(42)52)19-20-40-49(7)23-22-41(48(5,6)39(49)21-24-51(40,50)9)61-45(58)37-27-36(47(37,3)4)44(57)60-30-33-13-11-10-12-14-33/h10-18,31,35-37,39-41H,19-30H2,1-9H3,(H2,54,55,59)/t35-,36+,37-,39+,40-,41+,49+,50-,51-,52-/m1/s1. The van der Waals surface area contributed by atoms with Gasteiger partial charge in [0.1, 0.15) is 12.7 Å². The Bertz CT molecular complexity index is 2090. The Kier molecular flexibility index (Phi) is 11.2. The third kappa shape index (κ3) is 7.08. The first kappa shape index (κ1) is 44.0. The maximum atomic E-state index is 14.1. The number of amides is 2. The summed E-state index contributed by atoms with van der Waals surface area (Å²) >= 11 is 6.10. The van der Waals surface area contributed by atoms with Gasteiger partial charge in [-0.1, -0.05) is 116 Å². The maximum Gasteiger partial charge on any atom is 0.315 e. The summed E-state index contributed by atoms with van der Waals surface area (Å²) in [5.41, 5.74) is 2.70. The molecule has 2 N–H and O–H groups in total. The van der Waals surface area contributed by atoms with E-state index in [-0.39, 0.29) is 81.8 Å². The van der Waals surface area contributed by atoms with Crippen molar-refractivity contribution in [3.8, 4) is 0 Å². The molecule has 6 aliphatic carbocycles. The minimum absolute atomic E-state index is 0.0323. The molecular formula is C52H69ClN2O6. The number of carbonyl (C=O) groups excluding carboxylic acids is 4. The molecule has 2 aromatic rings. The van der Waals surface area contributed by atoms with Crippen molar-refractivity contribution >= 4 is 35.4 Å². The summed E-state index contributed by atoms with van der Waals surface area (Å²) in [6.45, 7) is 21.2. The number of esters is 2. The van der Waals surface area contributed by atoms with Crippen LogP contribution in [0.15, 0.2) is 65.7 Å². The van der Waals surface area contributed by atoms with Gasteiger partial charge in [-0.05, 0) is 138 Å². The molecule has 0 heterocycles. The lowest BCUT2D eigenvalue weighted by molar-refractivity contribution is -0.235. The molecule has 6 aliphatic rings. The highest BCUT2D eigenvalue weighted by Gasteiger charge is 2.70. The van der Waals surface area contributed by atoms with Crippen LogP contribution in [0.2, 0.25) is 5.02 Å². The molecular weight excluding hydrogens is 784 g/mol. The molecule has 2 aromatic carbocycles. The van der Waals surface area contributed by atoms with Crippen molar-refractivity contribution in [1.82, 2.24) is 10.6 Å². The fraction of sp³-hybridized carbons (Fsp3) is 0.654. The topological polar surface area (TPSA) is 111 Å². The maximum absolute atomic E-state index is 14.1. The number of fused-ring (bicyclic) bond motifs is 7. The van der Waals surface area contributed by atoms with Crippen molar-refractivity contribution in [2.75, 3.05) is 0 Å². The fourth-order valence-electron chi connectivity index (χ4n) is 14.8. The summed E-state index contributed by atoms with van der Waals surface area (Å²) in [4.78, 5) is 55.0. The van der Waals surface area contributed by atoms with Crippen LogP contribution in [-0.4, -0.2) is 35.4 Å². The van der Waals surface area contributed by atoms with E-state index >= 15 is 0 Å². The van der Waals surface area contributed by atoms with Crippen LogP contribution in [-0.2, 0) is 37.0 Å². The monoisotopic (exact) mass is 852 g/mol. The Hall–Kier alpha value is -3.65. The van der Waals surface area contributed by atoms with Gasteiger partial charge in [-0.3, -0.25) is 14.4 Å². The van der Waals surface area contributed by atoms with Crippen molar-refractivity contribution in [3.05, 3.63) is 81.9 Å². The van der Waals surface area contributed by atoms with Gasteiger partial charge in [-0.2, -0.15) is 0 Å². The molecule has 330 valence electrons. The number of ether oxygens (including phenoxy) is 2. The first-order valence-electron chi connectivity index (χ1n) is 23.2. The molecule has 10 atom stereocenters. The molecule has 61 heavy (non-hydrogen) atoms. The van der Waals surface area contributed by atoms with E-state index in [0.717, 1.165) is 68.1 Å². The van der Waals surface area contributed by atoms with E-state index in [0.29, 0.717) is 36.2 Å². The molecule has 0 bridgehead atoms. The first-order valence-corrected chi connectivity index (χ1v) is 23.5. The molecule has 8 rings (SSSR count). The van der Waals surface area contributed by atoms with Crippen LogP contribution in [0.25, 0.3) is 0 Å². The lowest BCUT2D eigenvalue weighted by Gasteiger charge is -2.72. The zero-order valence-corrected chi connectivity index (χ0v) is 38.8.